The van der Waals surface area contributed by atoms with E-state index in [1.165, 1.54) is 4.31 Å². The van der Waals surface area contributed by atoms with E-state index in [1.807, 2.05) is 13.0 Å². The summed E-state index contributed by atoms with van der Waals surface area (Å²) in [6.45, 7) is 4.92. The quantitative estimate of drug-likeness (QED) is 0.882. The number of hydrogen-bond acceptors (Lipinski definition) is 4. The molecule has 0 aliphatic carbocycles. The molecule has 6 nitrogen and oxygen atoms in total. The Bertz CT molecular complexity index is 693. The van der Waals surface area contributed by atoms with Crippen LogP contribution in [0.4, 0.5) is 5.82 Å². The predicted molar refractivity (Wildman–Crippen MR) is 79.5 cm³/mol. The Labute approximate surface area is 119 Å². The van der Waals surface area contributed by atoms with Crippen molar-refractivity contribution in [3.8, 4) is 0 Å². The average molecular weight is 296 g/mol. The molecule has 0 saturated heterocycles. The molecule has 0 saturated carbocycles. The summed E-state index contributed by atoms with van der Waals surface area (Å²) in [5.41, 5.74) is 0.620. The zero-order valence-corrected chi connectivity index (χ0v) is 12.8. The van der Waals surface area contributed by atoms with E-state index in [1.54, 1.807) is 36.7 Å². The Hall–Kier alpha value is -1.60. The fourth-order valence-corrected chi connectivity index (χ4v) is 3.30. The highest BCUT2D eigenvalue weighted by Gasteiger charge is 2.28. The van der Waals surface area contributed by atoms with Crippen molar-refractivity contribution in [2.75, 3.05) is 25.5 Å². The molecule has 110 valence electrons. The van der Waals surface area contributed by atoms with E-state index in [-0.39, 0.29) is 5.03 Å². The SMILES string of the molecule is CCCNc1nc2ccccn2c1S(=O)(=O)N(C)CC. The summed E-state index contributed by atoms with van der Waals surface area (Å²) in [5, 5.41) is 3.30. The molecule has 2 aromatic heterocycles. The second-order valence-electron chi connectivity index (χ2n) is 4.54. The molecule has 1 N–H and O–H groups in total. The number of hydrogen-bond donors (Lipinski definition) is 1. The molecule has 0 aliphatic rings. The van der Waals surface area contributed by atoms with Crippen molar-refractivity contribution in [1.29, 1.82) is 0 Å². The molecule has 2 heterocycles. The van der Waals surface area contributed by atoms with E-state index in [4.69, 9.17) is 0 Å². The Balaban J connectivity index is 2.65. The van der Waals surface area contributed by atoms with Crippen molar-refractivity contribution in [1.82, 2.24) is 13.7 Å². The van der Waals surface area contributed by atoms with Gasteiger partial charge in [-0.15, -0.1) is 0 Å². The van der Waals surface area contributed by atoms with Gasteiger partial charge in [-0.1, -0.05) is 19.9 Å². The second kappa shape index (κ2) is 5.80. The van der Waals surface area contributed by atoms with Crippen LogP contribution in [0.3, 0.4) is 0 Å². The van der Waals surface area contributed by atoms with Gasteiger partial charge < -0.3 is 5.32 Å². The second-order valence-corrected chi connectivity index (χ2v) is 6.50. The van der Waals surface area contributed by atoms with Crippen LogP contribution in [-0.4, -0.2) is 42.2 Å². The lowest BCUT2D eigenvalue weighted by Crippen LogP contribution is -2.28. The third-order valence-electron chi connectivity index (χ3n) is 3.13. The van der Waals surface area contributed by atoms with Crippen molar-refractivity contribution in [2.24, 2.45) is 0 Å². The van der Waals surface area contributed by atoms with Gasteiger partial charge in [-0.2, -0.15) is 4.31 Å². The van der Waals surface area contributed by atoms with E-state index < -0.39 is 10.0 Å². The average Bonchev–Trinajstić information content (AvgIpc) is 2.82. The summed E-state index contributed by atoms with van der Waals surface area (Å²) in [6.07, 6.45) is 2.62. The summed E-state index contributed by atoms with van der Waals surface area (Å²) in [5.74, 6) is 0.415. The number of rotatable bonds is 6. The number of fused-ring (bicyclic) bond motifs is 1. The van der Waals surface area contributed by atoms with Gasteiger partial charge in [-0.3, -0.25) is 4.40 Å². The minimum absolute atomic E-state index is 0.200. The van der Waals surface area contributed by atoms with Crippen LogP contribution in [0, 0.1) is 0 Å². The van der Waals surface area contributed by atoms with Crippen LogP contribution in [0.5, 0.6) is 0 Å². The molecule has 0 fully saturated rings. The van der Waals surface area contributed by atoms with E-state index in [0.717, 1.165) is 6.42 Å². The van der Waals surface area contributed by atoms with E-state index in [0.29, 0.717) is 24.6 Å². The van der Waals surface area contributed by atoms with Crippen LogP contribution in [0.2, 0.25) is 0 Å². The van der Waals surface area contributed by atoms with Crippen LogP contribution in [0.1, 0.15) is 20.3 Å². The number of anilines is 1. The molecule has 2 aromatic rings. The van der Waals surface area contributed by atoms with E-state index in [9.17, 15) is 8.42 Å². The van der Waals surface area contributed by atoms with Gasteiger partial charge in [-0.25, -0.2) is 13.4 Å². The Morgan fingerprint density at radius 3 is 2.75 bits per heavy atom. The van der Waals surface area contributed by atoms with Gasteiger partial charge in [-0.05, 0) is 18.6 Å². The molecule has 0 unspecified atom stereocenters. The van der Waals surface area contributed by atoms with Crippen molar-refractivity contribution in [3.63, 3.8) is 0 Å². The van der Waals surface area contributed by atoms with E-state index in [2.05, 4.69) is 10.3 Å². The van der Waals surface area contributed by atoms with Gasteiger partial charge in [0.25, 0.3) is 10.0 Å². The molecule has 2 rings (SSSR count). The van der Waals surface area contributed by atoms with Crippen molar-refractivity contribution >= 4 is 21.5 Å². The van der Waals surface area contributed by atoms with Gasteiger partial charge in [0.1, 0.15) is 5.65 Å². The normalized spacial score (nSPS) is 12.2. The first-order chi connectivity index (χ1) is 9.52. The smallest absolute Gasteiger partial charge is 0.262 e. The van der Waals surface area contributed by atoms with Gasteiger partial charge in [0.05, 0.1) is 0 Å². The molecule has 0 radical (unpaired) electrons. The minimum atomic E-state index is -3.56. The number of nitrogens with zero attached hydrogens (tertiary/aromatic N) is 3. The molecule has 0 amide bonds. The van der Waals surface area contributed by atoms with Gasteiger partial charge in [0, 0.05) is 26.3 Å². The maximum absolute atomic E-state index is 12.6. The van der Waals surface area contributed by atoms with Gasteiger partial charge in [0.2, 0.25) is 0 Å². The molecule has 20 heavy (non-hydrogen) atoms. The van der Waals surface area contributed by atoms with Crippen molar-refractivity contribution < 1.29 is 8.42 Å². The largest absolute Gasteiger partial charge is 0.368 e. The molecule has 0 aromatic carbocycles. The Morgan fingerprint density at radius 2 is 2.10 bits per heavy atom. The molecule has 7 heteroatoms. The van der Waals surface area contributed by atoms with Crippen LogP contribution < -0.4 is 5.32 Å². The summed E-state index contributed by atoms with van der Waals surface area (Å²) < 4.78 is 28.2. The Kier molecular flexibility index (Phi) is 4.29. The van der Waals surface area contributed by atoms with Crippen molar-refractivity contribution in [3.05, 3.63) is 24.4 Å². The molecular weight excluding hydrogens is 276 g/mol. The van der Waals surface area contributed by atoms with Crippen LogP contribution in [0.15, 0.2) is 29.4 Å². The van der Waals surface area contributed by atoms with Crippen LogP contribution in [-0.2, 0) is 10.0 Å². The van der Waals surface area contributed by atoms with Crippen LogP contribution >= 0.6 is 0 Å². The first-order valence-electron chi connectivity index (χ1n) is 6.69. The van der Waals surface area contributed by atoms with Crippen molar-refractivity contribution in [2.45, 2.75) is 25.3 Å². The third-order valence-corrected chi connectivity index (χ3v) is 5.09. The zero-order chi connectivity index (χ0) is 14.8. The highest BCUT2D eigenvalue weighted by atomic mass is 32.2. The standard InChI is InChI=1S/C13H20N4O2S/c1-4-9-14-12-13(20(18,19)16(3)5-2)17-10-7-6-8-11(17)15-12/h6-8,10,14H,4-5,9H2,1-3H3. The topological polar surface area (TPSA) is 66.7 Å². The third kappa shape index (κ3) is 2.51. The number of nitrogens with one attached hydrogen (secondary N) is 1. The minimum Gasteiger partial charge on any atom is -0.368 e. The number of sulfonamides is 1. The molecule has 0 spiro atoms. The fraction of sp³-hybridized carbons (Fsp3) is 0.462. The summed E-state index contributed by atoms with van der Waals surface area (Å²) in [4.78, 5) is 4.38. The number of imidazole rings is 1. The summed E-state index contributed by atoms with van der Waals surface area (Å²) >= 11 is 0. The van der Waals surface area contributed by atoms with Crippen LogP contribution in [0.25, 0.3) is 5.65 Å². The van der Waals surface area contributed by atoms with Gasteiger partial charge in [0.15, 0.2) is 10.8 Å². The maximum Gasteiger partial charge on any atom is 0.262 e. The lowest BCUT2D eigenvalue weighted by Gasteiger charge is -2.15. The number of pyridine rings is 1. The lowest BCUT2D eigenvalue weighted by atomic mass is 10.5. The summed E-state index contributed by atoms with van der Waals surface area (Å²) in [7, 11) is -1.99. The molecule has 0 aliphatic heterocycles. The maximum atomic E-state index is 12.6. The number of aromatic nitrogens is 2. The molecular formula is C13H20N4O2S. The van der Waals surface area contributed by atoms with E-state index >= 15 is 0 Å². The lowest BCUT2D eigenvalue weighted by molar-refractivity contribution is 0.482. The summed E-state index contributed by atoms with van der Waals surface area (Å²) in [6, 6.07) is 5.43. The molecule has 0 bridgehead atoms. The highest BCUT2D eigenvalue weighted by molar-refractivity contribution is 7.89. The first kappa shape index (κ1) is 14.8. The zero-order valence-electron chi connectivity index (χ0n) is 12.0. The fourth-order valence-electron chi connectivity index (χ4n) is 1.90. The van der Waals surface area contributed by atoms with Gasteiger partial charge >= 0.3 is 0 Å². The predicted octanol–water partition coefficient (Wildman–Crippen LogP) is 1.80. The Morgan fingerprint density at radius 1 is 1.35 bits per heavy atom. The first-order valence-corrected chi connectivity index (χ1v) is 8.13. The molecule has 0 atom stereocenters. The monoisotopic (exact) mass is 296 g/mol. The highest BCUT2D eigenvalue weighted by Crippen LogP contribution is 2.25.